The van der Waals surface area contributed by atoms with Gasteiger partial charge in [0.1, 0.15) is 0 Å². The fourth-order valence-electron chi connectivity index (χ4n) is 2.94. The molecule has 5 nitrogen and oxygen atoms in total. The minimum absolute atomic E-state index is 0.0846. The number of nitrogens with one attached hydrogen (secondary N) is 2. The average Bonchev–Trinajstić information content (AvgIpc) is 3.23. The summed E-state index contributed by atoms with van der Waals surface area (Å²) in [5, 5.41) is 6.58. The van der Waals surface area contributed by atoms with E-state index in [1.165, 1.54) is 32.1 Å². The van der Waals surface area contributed by atoms with Crippen molar-refractivity contribution in [2.24, 2.45) is 0 Å². The first-order valence-electron chi connectivity index (χ1n) is 7.94. The van der Waals surface area contributed by atoms with Crippen LogP contribution in [0.1, 0.15) is 39.0 Å². The predicted octanol–water partition coefficient (Wildman–Crippen LogP) is 0.744. The minimum Gasteiger partial charge on any atom is -0.383 e. The second-order valence-electron chi connectivity index (χ2n) is 6.23. The number of piperidine rings is 1. The molecule has 1 saturated heterocycles. The Balaban J connectivity index is 1.75. The molecule has 1 heterocycles. The van der Waals surface area contributed by atoms with Gasteiger partial charge < -0.3 is 15.4 Å². The van der Waals surface area contributed by atoms with Gasteiger partial charge in [-0.05, 0) is 39.2 Å². The highest BCUT2D eigenvalue weighted by Crippen LogP contribution is 2.27. The van der Waals surface area contributed by atoms with E-state index in [0.717, 1.165) is 13.1 Å². The molecule has 0 spiro atoms. The molecular weight excluding hydrogens is 254 g/mol. The number of carbonyl (C=O) groups is 1. The van der Waals surface area contributed by atoms with Gasteiger partial charge in [-0.3, -0.25) is 9.69 Å². The number of nitrogens with zero attached hydrogens (tertiary/aromatic N) is 1. The fourth-order valence-corrected chi connectivity index (χ4v) is 2.94. The van der Waals surface area contributed by atoms with E-state index in [1.54, 1.807) is 7.11 Å². The van der Waals surface area contributed by atoms with Gasteiger partial charge in [-0.1, -0.05) is 6.42 Å². The molecule has 1 aliphatic carbocycles. The maximum absolute atomic E-state index is 12.1. The van der Waals surface area contributed by atoms with Crippen LogP contribution < -0.4 is 10.6 Å². The lowest BCUT2D eigenvalue weighted by atomic mass is 10.0. The molecule has 20 heavy (non-hydrogen) atoms. The third kappa shape index (κ3) is 5.38. The molecule has 1 aliphatic heterocycles. The normalized spacial score (nSPS) is 24.6. The number of ether oxygens (including phenoxy) is 1. The van der Waals surface area contributed by atoms with Crippen LogP contribution >= 0.6 is 0 Å². The molecule has 2 aliphatic rings. The zero-order valence-electron chi connectivity index (χ0n) is 12.9. The van der Waals surface area contributed by atoms with Crippen molar-refractivity contribution in [2.75, 3.05) is 33.4 Å². The van der Waals surface area contributed by atoms with E-state index in [2.05, 4.69) is 15.5 Å². The summed E-state index contributed by atoms with van der Waals surface area (Å²) in [6, 6.07) is 1.28. The predicted molar refractivity (Wildman–Crippen MR) is 79.7 cm³/mol. The highest BCUT2D eigenvalue weighted by atomic mass is 16.5. The van der Waals surface area contributed by atoms with Gasteiger partial charge in [0.25, 0.3) is 0 Å². The average molecular weight is 283 g/mol. The van der Waals surface area contributed by atoms with E-state index in [1.807, 2.05) is 6.92 Å². The first-order valence-corrected chi connectivity index (χ1v) is 7.94. The Hall–Kier alpha value is -0.650. The molecule has 2 rings (SSSR count). The lowest BCUT2D eigenvalue weighted by Gasteiger charge is -2.30. The Morgan fingerprint density at radius 1 is 1.40 bits per heavy atom. The molecule has 2 fully saturated rings. The first-order chi connectivity index (χ1) is 9.69. The van der Waals surface area contributed by atoms with Crippen molar-refractivity contribution in [3.8, 4) is 0 Å². The molecule has 2 N–H and O–H groups in total. The van der Waals surface area contributed by atoms with Crippen LogP contribution in [-0.4, -0.2) is 62.3 Å². The maximum atomic E-state index is 12.1. The quantitative estimate of drug-likeness (QED) is 0.690. The second kappa shape index (κ2) is 7.96. The Morgan fingerprint density at radius 3 is 2.80 bits per heavy atom. The number of methoxy groups -OCH3 is 1. The molecule has 0 bridgehead atoms. The van der Waals surface area contributed by atoms with Gasteiger partial charge in [0.15, 0.2) is 0 Å². The molecule has 1 saturated carbocycles. The summed E-state index contributed by atoms with van der Waals surface area (Å²) in [7, 11) is 1.66. The third-order valence-corrected chi connectivity index (χ3v) is 4.10. The number of carbonyl (C=O) groups excluding carboxylic acids is 1. The van der Waals surface area contributed by atoms with Crippen molar-refractivity contribution < 1.29 is 9.53 Å². The summed E-state index contributed by atoms with van der Waals surface area (Å²) in [6.07, 6.45) is 6.33. The molecule has 0 radical (unpaired) electrons. The van der Waals surface area contributed by atoms with E-state index in [-0.39, 0.29) is 11.9 Å². The van der Waals surface area contributed by atoms with E-state index in [0.29, 0.717) is 25.2 Å². The summed E-state index contributed by atoms with van der Waals surface area (Å²) < 4.78 is 5.05. The van der Waals surface area contributed by atoms with Crippen LogP contribution in [-0.2, 0) is 9.53 Å². The van der Waals surface area contributed by atoms with Crippen molar-refractivity contribution in [1.82, 2.24) is 15.5 Å². The van der Waals surface area contributed by atoms with Crippen molar-refractivity contribution in [2.45, 2.75) is 57.2 Å². The number of hydrogen-bond acceptors (Lipinski definition) is 4. The molecular formula is C15H29N3O2. The summed E-state index contributed by atoms with van der Waals surface area (Å²) in [6.45, 7) is 5.21. The molecule has 0 aromatic rings. The SMILES string of the molecule is COCC(C)NC(=O)CN(CC1CCCCN1)C1CC1. The van der Waals surface area contributed by atoms with Gasteiger partial charge in [0.2, 0.25) is 5.91 Å². The summed E-state index contributed by atoms with van der Waals surface area (Å²) in [4.78, 5) is 14.4. The summed E-state index contributed by atoms with van der Waals surface area (Å²) >= 11 is 0. The summed E-state index contributed by atoms with van der Waals surface area (Å²) in [5.41, 5.74) is 0. The van der Waals surface area contributed by atoms with Gasteiger partial charge in [-0.2, -0.15) is 0 Å². The lowest BCUT2D eigenvalue weighted by Crippen LogP contribution is -2.48. The zero-order chi connectivity index (χ0) is 14.4. The molecule has 0 aromatic carbocycles. The molecule has 0 aromatic heterocycles. The van der Waals surface area contributed by atoms with Gasteiger partial charge in [-0.15, -0.1) is 0 Å². The lowest BCUT2D eigenvalue weighted by molar-refractivity contribution is -0.123. The topological polar surface area (TPSA) is 53.6 Å². The Morgan fingerprint density at radius 2 is 2.20 bits per heavy atom. The van der Waals surface area contributed by atoms with Crippen LogP contribution in [0.15, 0.2) is 0 Å². The van der Waals surface area contributed by atoms with Gasteiger partial charge >= 0.3 is 0 Å². The van der Waals surface area contributed by atoms with Crippen molar-refractivity contribution in [1.29, 1.82) is 0 Å². The highest BCUT2D eigenvalue weighted by molar-refractivity contribution is 5.78. The van der Waals surface area contributed by atoms with Crippen LogP contribution in [0.3, 0.4) is 0 Å². The van der Waals surface area contributed by atoms with Crippen LogP contribution in [0.5, 0.6) is 0 Å². The van der Waals surface area contributed by atoms with Crippen molar-refractivity contribution >= 4 is 5.91 Å². The van der Waals surface area contributed by atoms with Gasteiger partial charge in [0.05, 0.1) is 13.2 Å². The number of rotatable bonds is 8. The van der Waals surface area contributed by atoms with Gasteiger partial charge in [0, 0.05) is 31.8 Å². The maximum Gasteiger partial charge on any atom is 0.234 e. The fraction of sp³-hybridized carbons (Fsp3) is 0.933. The van der Waals surface area contributed by atoms with Crippen molar-refractivity contribution in [3.63, 3.8) is 0 Å². The highest BCUT2D eigenvalue weighted by Gasteiger charge is 2.32. The van der Waals surface area contributed by atoms with E-state index in [4.69, 9.17) is 4.74 Å². The molecule has 2 atom stereocenters. The Kier molecular flexibility index (Phi) is 6.26. The first kappa shape index (κ1) is 15.7. The van der Waals surface area contributed by atoms with Crippen LogP contribution in [0.4, 0.5) is 0 Å². The molecule has 1 amide bonds. The molecule has 5 heteroatoms. The second-order valence-corrected chi connectivity index (χ2v) is 6.23. The van der Waals surface area contributed by atoms with Crippen LogP contribution in [0, 0.1) is 0 Å². The molecule has 2 unspecified atom stereocenters. The van der Waals surface area contributed by atoms with Gasteiger partial charge in [-0.25, -0.2) is 0 Å². The van der Waals surface area contributed by atoms with Crippen molar-refractivity contribution in [3.05, 3.63) is 0 Å². The number of amides is 1. The number of hydrogen-bond donors (Lipinski definition) is 2. The van der Waals surface area contributed by atoms with E-state index < -0.39 is 0 Å². The third-order valence-electron chi connectivity index (χ3n) is 4.10. The van der Waals surface area contributed by atoms with Crippen LogP contribution in [0.2, 0.25) is 0 Å². The van der Waals surface area contributed by atoms with E-state index >= 15 is 0 Å². The Bertz CT molecular complexity index is 301. The Labute approximate surface area is 122 Å². The monoisotopic (exact) mass is 283 g/mol. The van der Waals surface area contributed by atoms with Crippen LogP contribution in [0.25, 0.3) is 0 Å². The largest absolute Gasteiger partial charge is 0.383 e. The smallest absolute Gasteiger partial charge is 0.234 e. The zero-order valence-corrected chi connectivity index (χ0v) is 12.9. The van der Waals surface area contributed by atoms with E-state index in [9.17, 15) is 4.79 Å². The minimum atomic E-state index is 0.0846. The standard InChI is InChI=1S/C15H29N3O2/c1-12(11-20-2)17-15(19)10-18(14-6-7-14)9-13-5-3-4-8-16-13/h12-14,16H,3-11H2,1-2H3,(H,17,19). The summed E-state index contributed by atoms with van der Waals surface area (Å²) in [5.74, 6) is 0.122. The molecule has 116 valence electrons.